The fraction of sp³-hybridized carbons (Fsp3) is 0.278. The molecule has 1 saturated heterocycles. The van der Waals surface area contributed by atoms with E-state index in [1.54, 1.807) is 11.0 Å². The first kappa shape index (κ1) is 15.5. The molecular weight excluding hydrogens is 293 g/mol. The van der Waals surface area contributed by atoms with E-state index in [-0.39, 0.29) is 5.91 Å². The number of amides is 1. The van der Waals surface area contributed by atoms with Gasteiger partial charge in [0.05, 0.1) is 33.2 Å². The molecule has 0 saturated carbocycles. The third-order valence-corrected chi connectivity index (χ3v) is 4.19. The fourth-order valence-electron chi connectivity index (χ4n) is 2.74. The van der Waals surface area contributed by atoms with Gasteiger partial charge in [0.2, 0.25) is 0 Å². The zero-order valence-electron chi connectivity index (χ0n) is 13.2. The van der Waals surface area contributed by atoms with Gasteiger partial charge in [0.25, 0.3) is 5.91 Å². The number of halogens is 1. The molecule has 2 aromatic rings. The van der Waals surface area contributed by atoms with Gasteiger partial charge < -0.3 is 15.1 Å². The molecular formula is C18H21FN3O+. The van der Waals surface area contributed by atoms with Crippen LogP contribution in [0.15, 0.2) is 48.5 Å². The number of hydrogen-bond donors (Lipinski definition) is 2. The molecule has 0 aliphatic carbocycles. The van der Waals surface area contributed by atoms with Crippen LogP contribution in [0, 0.1) is 5.82 Å². The van der Waals surface area contributed by atoms with Gasteiger partial charge in [0.1, 0.15) is 5.82 Å². The van der Waals surface area contributed by atoms with Gasteiger partial charge in [-0.15, -0.1) is 0 Å². The van der Waals surface area contributed by atoms with Crippen molar-refractivity contribution in [1.82, 2.24) is 0 Å². The highest BCUT2D eigenvalue weighted by Crippen LogP contribution is 2.18. The molecule has 0 radical (unpaired) electrons. The Kier molecular flexibility index (Phi) is 4.57. The summed E-state index contributed by atoms with van der Waals surface area (Å²) in [5.74, 6) is -0.717. The maximum absolute atomic E-state index is 13.2. The number of piperazine rings is 1. The summed E-state index contributed by atoms with van der Waals surface area (Å²) in [6.07, 6.45) is 0. The molecule has 0 unspecified atom stereocenters. The number of benzene rings is 2. The lowest BCUT2D eigenvalue weighted by Crippen LogP contribution is -3.12. The third-order valence-electron chi connectivity index (χ3n) is 4.19. The first-order chi connectivity index (χ1) is 11.1. The molecule has 0 spiro atoms. The molecule has 5 heteroatoms. The summed E-state index contributed by atoms with van der Waals surface area (Å²) in [5.41, 5.74) is 2.19. The van der Waals surface area contributed by atoms with E-state index in [4.69, 9.17) is 0 Å². The van der Waals surface area contributed by atoms with Gasteiger partial charge in [-0.2, -0.15) is 0 Å². The van der Waals surface area contributed by atoms with Crippen molar-refractivity contribution in [3.8, 4) is 0 Å². The number of carbonyl (C=O) groups excluding carboxylic acids is 1. The van der Waals surface area contributed by atoms with Crippen molar-refractivity contribution >= 4 is 17.3 Å². The topological polar surface area (TPSA) is 36.8 Å². The van der Waals surface area contributed by atoms with Crippen LogP contribution in [-0.4, -0.2) is 39.1 Å². The van der Waals surface area contributed by atoms with Crippen LogP contribution in [0.25, 0.3) is 0 Å². The molecule has 0 bridgehead atoms. The van der Waals surface area contributed by atoms with E-state index in [9.17, 15) is 9.18 Å². The smallest absolute Gasteiger partial charge is 0.255 e. The van der Waals surface area contributed by atoms with E-state index in [1.807, 2.05) is 24.3 Å². The lowest BCUT2D eigenvalue weighted by atomic mass is 10.2. The normalized spacial score (nSPS) is 15.5. The van der Waals surface area contributed by atoms with Gasteiger partial charge in [-0.1, -0.05) is 6.07 Å². The van der Waals surface area contributed by atoms with E-state index < -0.39 is 5.82 Å². The minimum atomic E-state index is -0.412. The molecule has 120 valence electrons. The minimum Gasteiger partial charge on any atom is -0.360 e. The lowest BCUT2D eigenvalue weighted by Gasteiger charge is -2.31. The number of likely N-dealkylation sites (N-methyl/N-ethyl adjacent to an activating group) is 1. The average Bonchev–Trinajstić information content (AvgIpc) is 2.56. The summed E-state index contributed by atoms with van der Waals surface area (Å²) in [4.78, 5) is 16.0. The Balaban J connectivity index is 1.64. The predicted octanol–water partition coefficient (Wildman–Crippen LogP) is 1.41. The first-order valence-corrected chi connectivity index (χ1v) is 7.85. The second-order valence-electron chi connectivity index (χ2n) is 5.96. The van der Waals surface area contributed by atoms with Crippen molar-refractivity contribution in [3.63, 3.8) is 0 Å². The quantitative estimate of drug-likeness (QED) is 0.899. The molecule has 0 aromatic heterocycles. The monoisotopic (exact) mass is 314 g/mol. The maximum Gasteiger partial charge on any atom is 0.255 e. The third kappa shape index (κ3) is 3.87. The minimum absolute atomic E-state index is 0.305. The fourth-order valence-corrected chi connectivity index (χ4v) is 2.74. The van der Waals surface area contributed by atoms with Gasteiger partial charge in [-0.3, -0.25) is 4.79 Å². The zero-order chi connectivity index (χ0) is 16.2. The molecule has 2 N–H and O–H groups in total. The summed E-state index contributed by atoms with van der Waals surface area (Å²) < 4.78 is 13.2. The maximum atomic E-state index is 13.2. The van der Waals surface area contributed by atoms with Crippen LogP contribution in [0.2, 0.25) is 0 Å². The SMILES string of the molecule is C[NH+]1CCN(c2ccc(NC(=O)c3cccc(F)c3)cc2)CC1. The number of hydrogen-bond acceptors (Lipinski definition) is 2. The Labute approximate surface area is 135 Å². The molecule has 4 nitrogen and oxygen atoms in total. The van der Waals surface area contributed by atoms with Crippen LogP contribution >= 0.6 is 0 Å². The van der Waals surface area contributed by atoms with Crippen molar-refractivity contribution in [2.45, 2.75) is 0 Å². The van der Waals surface area contributed by atoms with Gasteiger partial charge >= 0.3 is 0 Å². The highest BCUT2D eigenvalue weighted by molar-refractivity contribution is 6.04. The van der Waals surface area contributed by atoms with Crippen LogP contribution in [-0.2, 0) is 0 Å². The van der Waals surface area contributed by atoms with Crippen LogP contribution in [0.1, 0.15) is 10.4 Å². The Morgan fingerprint density at radius 2 is 1.83 bits per heavy atom. The molecule has 23 heavy (non-hydrogen) atoms. The summed E-state index contributed by atoms with van der Waals surface area (Å²) in [5, 5.41) is 2.79. The van der Waals surface area contributed by atoms with Gasteiger partial charge in [-0.05, 0) is 42.5 Å². The number of nitrogens with zero attached hydrogens (tertiary/aromatic N) is 1. The highest BCUT2D eigenvalue weighted by Gasteiger charge is 2.16. The number of carbonyl (C=O) groups is 1. The highest BCUT2D eigenvalue weighted by atomic mass is 19.1. The van der Waals surface area contributed by atoms with E-state index in [2.05, 4.69) is 17.3 Å². The van der Waals surface area contributed by atoms with Crippen molar-refractivity contribution in [3.05, 3.63) is 59.9 Å². The van der Waals surface area contributed by atoms with Gasteiger partial charge in [0.15, 0.2) is 0 Å². The Hall–Kier alpha value is -2.40. The molecule has 1 amide bonds. The number of anilines is 2. The van der Waals surface area contributed by atoms with E-state index in [0.717, 1.165) is 26.2 Å². The molecule has 3 rings (SSSR count). The molecule has 1 aliphatic heterocycles. The molecule has 2 aromatic carbocycles. The molecule has 0 atom stereocenters. The van der Waals surface area contributed by atoms with Crippen molar-refractivity contribution in [2.75, 3.05) is 43.4 Å². The number of rotatable bonds is 3. The Morgan fingerprint density at radius 1 is 1.13 bits per heavy atom. The van der Waals surface area contributed by atoms with Crippen LogP contribution < -0.4 is 15.1 Å². The van der Waals surface area contributed by atoms with Crippen LogP contribution in [0.4, 0.5) is 15.8 Å². The van der Waals surface area contributed by atoms with Crippen LogP contribution in [0.3, 0.4) is 0 Å². The largest absolute Gasteiger partial charge is 0.360 e. The second-order valence-corrected chi connectivity index (χ2v) is 5.96. The number of nitrogens with one attached hydrogen (secondary N) is 2. The average molecular weight is 314 g/mol. The van der Waals surface area contributed by atoms with Gasteiger partial charge in [0, 0.05) is 16.9 Å². The molecule has 1 aliphatic rings. The number of quaternary nitrogens is 1. The Morgan fingerprint density at radius 3 is 2.48 bits per heavy atom. The van der Waals surface area contributed by atoms with Crippen LogP contribution in [0.5, 0.6) is 0 Å². The predicted molar refractivity (Wildman–Crippen MR) is 89.6 cm³/mol. The van der Waals surface area contributed by atoms with E-state index >= 15 is 0 Å². The lowest BCUT2D eigenvalue weighted by molar-refractivity contribution is -0.880. The molecule has 1 heterocycles. The van der Waals surface area contributed by atoms with E-state index in [1.165, 1.54) is 23.9 Å². The Bertz CT molecular complexity index is 679. The summed E-state index contributed by atoms with van der Waals surface area (Å²) in [7, 11) is 2.21. The van der Waals surface area contributed by atoms with Crippen molar-refractivity contribution in [1.29, 1.82) is 0 Å². The van der Waals surface area contributed by atoms with Crippen molar-refractivity contribution in [2.24, 2.45) is 0 Å². The summed E-state index contributed by atoms with van der Waals surface area (Å²) in [6, 6.07) is 13.5. The van der Waals surface area contributed by atoms with Gasteiger partial charge in [-0.25, -0.2) is 4.39 Å². The standard InChI is InChI=1S/C18H20FN3O/c1-21-9-11-22(12-10-21)17-7-5-16(6-8-17)20-18(23)14-3-2-4-15(19)13-14/h2-8,13H,9-12H2,1H3,(H,20,23)/p+1. The molecule has 1 fully saturated rings. The summed E-state index contributed by atoms with van der Waals surface area (Å²) >= 11 is 0. The zero-order valence-corrected chi connectivity index (χ0v) is 13.2. The summed E-state index contributed by atoms with van der Waals surface area (Å²) in [6.45, 7) is 4.36. The second kappa shape index (κ2) is 6.79. The van der Waals surface area contributed by atoms with Crippen molar-refractivity contribution < 1.29 is 14.1 Å². The first-order valence-electron chi connectivity index (χ1n) is 7.85. The van der Waals surface area contributed by atoms with E-state index in [0.29, 0.717) is 11.3 Å².